The van der Waals surface area contributed by atoms with Gasteiger partial charge in [-0.25, -0.2) is 4.39 Å². The Bertz CT molecular complexity index is 691. The molecule has 0 bridgehead atoms. The molecular weight excluding hydrogens is 255 g/mol. The van der Waals surface area contributed by atoms with Crippen molar-refractivity contribution in [2.24, 2.45) is 0 Å². The second-order valence-corrected chi connectivity index (χ2v) is 5.24. The van der Waals surface area contributed by atoms with Gasteiger partial charge in [0.1, 0.15) is 17.7 Å². The Morgan fingerprint density at radius 1 is 1.25 bits per heavy atom. The molecule has 0 N–H and O–H groups in total. The average Bonchev–Trinajstić information content (AvgIpc) is 2.77. The van der Waals surface area contributed by atoms with Crippen LogP contribution < -0.4 is 4.74 Å². The zero-order valence-corrected chi connectivity index (χ0v) is 11.4. The van der Waals surface area contributed by atoms with Gasteiger partial charge < -0.3 is 4.74 Å². The Labute approximate surface area is 117 Å². The van der Waals surface area contributed by atoms with Gasteiger partial charge >= 0.3 is 0 Å². The highest BCUT2D eigenvalue weighted by atomic mass is 19.1. The molecule has 0 saturated carbocycles. The second kappa shape index (κ2) is 4.75. The number of aryl methyl sites for hydroxylation is 1. The summed E-state index contributed by atoms with van der Waals surface area (Å²) in [5.41, 5.74) is 2.87. The molecule has 0 aromatic heterocycles. The van der Waals surface area contributed by atoms with Crippen LogP contribution in [0.3, 0.4) is 0 Å². The number of halogens is 1. The summed E-state index contributed by atoms with van der Waals surface area (Å²) in [5.74, 6) is 0.449. The highest BCUT2D eigenvalue weighted by Crippen LogP contribution is 2.30. The van der Waals surface area contributed by atoms with Gasteiger partial charge in [0.2, 0.25) is 0 Å². The molecule has 102 valence electrons. The van der Waals surface area contributed by atoms with Crippen molar-refractivity contribution < 1.29 is 13.9 Å². The van der Waals surface area contributed by atoms with E-state index in [1.165, 1.54) is 12.1 Å². The Balaban J connectivity index is 1.97. The number of ether oxygens (including phenoxy) is 1. The van der Waals surface area contributed by atoms with E-state index < -0.39 is 0 Å². The van der Waals surface area contributed by atoms with Crippen LogP contribution in [-0.4, -0.2) is 11.9 Å². The van der Waals surface area contributed by atoms with Gasteiger partial charge in [-0.15, -0.1) is 0 Å². The van der Waals surface area contributed by atoms with Crippen molar-refractivity contribution in [3.63, 3.8) is 0 Å². The van der Waals surface area contributed by atoms with Crippen molar-refractivity contribution in [2.45, 2.75) is 26.4 Å². The predicted octanol–water partition coefficient (Wildman–Crippen LogP) is 3.69. The molecule has 2 nitrogen and oxygen atoms in total. The molecule has 0 fully saturated rings. The second-order valence-electron chi connectivity index (χ2n) is 5.24. The van der Waals surface area contributed by atoms with Crippen molar-refractivity contribution in [2.75, 3.05) is 0 Å². The number of carbonyl (C=O) groups is 1. The van der Waals surface area contributed by atoms with Crippen LogP contribution in [0.5, 0.6) is 5.75 Å². The first-order valence-corrected chi connectivity index (χ1v) is 6.65. The summed E-state index contributed by atoms with van der Waals surface area (Å²) < 4.78 is 18.7. The number of hydrogen-bond acceptors (Lipinski definition) is 2. The maximum atomic E-state index is 13.1. The van der Waals surface area contributed by atoms with Gasteiger partial charge in [0.05, 0.1) is 0 Å². The minimum absolute atomic E-state index is 0.0788. The first-order valence-electron chi connectivity index (χ1n) is 6.65. The van der Waals surface area contributed by atoms with E-state index >= 15 is 0 Å². The molecule has 1 aliphatic rings. The monoisotopic (exact) mass is 270 g/mol. The molecule has 0 aliphatic carbocycles. The van der Waals surface area contributed by atoms with Crippen LogP contribution in [0.15, 0.2) is 36.4 Å². The molecule has 0 radical (unpaired) electrons. The quantitative estimate of drug-likeness (QED) is 0.778. The molecule has 0 spiro atoms. The van der Waals surface area contributed by atoms with E-state index in [0.717, 1.165) is 17.7 Å². The summed E-state index contributed by atoms with van der Waals surface area (Å²) in [4.78, 5) is 12.5. The highest BCUT2D eigenvalue weighted by Gasteiger charge is 2.21. The summed E-state index contributed by atoms with van der Waals surface area (Å²) in [6.45, 7) is 3.75. The maximum Gasteiger partial charge on any atom is 0.193 e. The molecule has 1 heterocycles. The van der Waals surface area contributed by atoms with Crippen LogP contribution in [0, 0.1) is 12.7 Å². The molecule has 2 aromatic carbocycles. The first kappa shape index (κ1) is 12.9. The van der Waals surface area contributed by atoms with E-state index in [1.54, 1.807) is 19.1 Å². The Kier molecular flexibility index (Phi) is 3.05. The lowest BCUT2D eigenvalue weighted by Crippen LogP contribution is -2.05. The molecule has 1 aliphatic heterocycles. The van der Waals surface area contributed by atoms with Gasteiger partial charge in [-0.1, -0.05) is 0 Å². The zero-order chi connectivity index (χ0) is 14.3. The number of rotatable bonds is 2. The lowest BCUT2D eigenvalue weighted by Gasteiger charge is -2.07. The Morgan fingerprint density at radius 3 is 2.80 bits per heavy atom. The van der Waals surface area contributed by atoms with Crippen LogP contribution in [0.2, 0.25) is 0 Å². The van der Waals surface area contributed by atoms with E-state index in [9.17, 15) is 9.18 Å². The van der Waals surface area contributed by atoms with E-state index in [1.807, 2.05) is 19.1 Å². The van der Waals surface area contributed by atoms with Gasteiger partial charge in [-0.3, -0.25) is 4.79 Å². The largest absolute Gasteiger partial charge is 0.490 e. The zero-order valence-electron chi connectivity index (χ0n) is 11.4. The SMILES string of the molecule is Cc1cc(F)ccc1C(=O)c1ccc2c(c1)CC(C)O2. The Hall–Kier alpha value is -2.16. The number of ketones is 1. The van der Waals surface area contributed by atoms with Crippen molar-refractivity contribution in [1.29, 1.82) is 0 Å². The summed E-state index contributed by atoms with van der Waals surface area (Å²) in [7, 11) is 0. The van der Waals surface area contributed by atoms with Gasteiger partial charge in [-0.05, 0) is 61.4 Å². The number of carbonyl (C=O) groups excluding carboxylic acids is 1. The lowest BCUT2D eigenvalue weighted by atomic mass is 9.97. The smallest absolute Gasteiger partial charge is 0.193 e. The molecule has 2 aromatic rings. The molecule has 0 saturated heterocycles. The molecule has 0 amide bonds. The minimum atomic E-state index is -0.324. The van der Waals surface area contributed by atoms with Gasteiger partial charge in [0.15, 0.2) is 5.78 Å². The third-order valence-electron chi connectivity index (χ3n) is 3.59. The lowest BCUT2D eigenvalue weighted by molar-refractivity contribution is 0.103. The normalized spacial score (nSPS) is 16.6. The summed E-state index contributed by atoms with van der Waals surface area (Å²) in [5, 5.41) is 0. The van der Waals surface area contributed by atoms with Crippen LogP contribution in [0.1, 0.15) is 34.0 Å². The number of fused-ring (bicyclic) bond motifs is 1. The summed E-state index contributed by atoms with van der Waals surface area (Å²) >= 11 is 0. The van der Waals surface area contributed by atoms with Crippen molar-refractivity contribution >= 4 is 5.78 Å². The molecular formula is C17H15FO2. The summed E-state index contributed by atoms with van der Waals surface area (Å²) in [6, 6.07) is 9.72. The predicted molar refractivity (Wildman–Crippen MR) is 74.8 cm³/mol. The van der Waals surface area contributed by atoms with Crippen LogP contribution in [0.25, 0.3) is 0 Å². The summed E-state index contributed by atoms with van der Waals surface area (Å²) in [6.07, 6.45) is 0.974. The maximum absolute atomic E-state index is 13.1. The minimum Gasteiger partial charge on any atom is -0.490 e. The van der Waals surface area contributed by atoms with Crippen LogP contribution >= 0.6 is 0 Å². The molecule has 20 heavy (non-hydrogen) atoms. The van der Waals surface area contributed by atoms with Crippen LogP contribution in [-0.2, 0) is 6.42 Å². The third kappa shape index (κ3) is 2.20. The standard InChI is InChI=1S/C17H15FO2/c1-10-7-14(18)4-5-15(10)17(19)12-3-6-16-13(9-12)8-11(2)20-16/h3-7,9,11H,8H2,1-2H3. The Morgan fingerprint density at radius 2 is 2.05 bits per heavy atom. The van der Waals surface area contributed by atoms with Gasteiger partial charge in [0, 0.05) is 17.5 Å². The molecule has 3 heteroatoms. The van der Waals surface area contributed by atoms with Crippen molar-refractivity contribution in [3.8, 4) is 5.75 Å². The van der Waals surface area contributed by atoms with E-state index in [4.69, 9.17) is 4.74 Å². The third-order valence-corrected chi connectivity index (χ3v) is 3.59. The fourth-order valence-electron chi connectivity index (χ4n) is 2.60. The van der Waals surface area contributed by atoms with E-state index in [2.05, 4.69) is 0 Å². The number of benzene rings is 2. The topological polar surface area (TPSA) is 26.3 Å². The van der Waals surface area contributed by atoms with E-state index in [-0.39, 0.29) is 17.7 Å². The fraction of sp³-hybridized carbons (Fsp3) is 0.235. The van der Waals surface area contributed by atoms with Crippen molar-refractivity contribution in [1.82, 2.24) is 0 Å². The molecule has 1 unspecified atom stereocenters. The van der Waals surface area contributed by atoms with Crippen LogP contribution in [0.4, 0.5) is 4.39 Å². The van der Waals surface area contributed by atoms with Gasteiger partial charge in [-0.2, -0.15) is 0 Å². The molecule has 1 atom stereocenters. The van der Waals surface area contributed by atoms with E-state index in [0.29, 0.717) is 16.7 Å². The average molecular weight is 270 g/mol. The first-order chi connectivity index (χ1) is 9.54. The van der Waals surface area contributed by atoms with Crippen molar-refractivity contribution in [3.05, 3.63) is 64.5 Å². The van der Waals surface area contributed by atoms with Gasteiger partial charge in [0.25, 0.3) is 0 Å². The molecule has 3 rings (SSSR count). The number of hydrogen-bond donors (Lipinski definition) is 0. The fourth-order valence-corrected chi connectivity index (χ4v) is 2.60. The highest BCUT2D eigenvalue weighted by molar-refractivity contribution is 6.10.